The first-order valence-electron chi connectivity index (χ1n) is 2.97. The number of rotatable bonds is 1. The number of carbonyl (C=O) groups excluding carboxylic acids is 1. The topological polar surface area (TPSA) is 43.1 Å². The standard InChI is InChI=1S/C7H4BrCl2NO/c8-3-1-2-4(9)5(6(3)10)7(11)12/h1-2H,(H2,11,12). The van der Waals surface area contributed by atoms with Gasteiger partial charge < -0.3 is 5.73 Å². The second-order valence-corrected chi connectivity index (χ2v) is 3.72. The second-order valence-electron chi connectivity index (χ2n) is 2.08. The fourth-order valence-corrected chi connectivity index (χ4v) is 1.64. The van der Waals surface area contributed by atoms with E-state index in [9.17, 15) is 4.79 Å². The van der Waals surface area contributed by atoms with Gasteiger partial charge in [-0.05, 0) is 28.1 Å². The highest BCUT2D eigenvalue weighted by molar-refractivity contribution is 9.10. The minimum atomic E-state index is -0.633. The van der Waals surface area contributed by atoms with Crippen LogP contribution in [-0.4, -0.2) is 5.91 Å². The average Bonchev–Trinajstić information content (AvgIpc) is 1.97. The number of hydrogen-bond donors (Lipinski definition) is 1. The highest BCUT2D eigenvalue weighted by Gasteiger charge is 2.13. The van der Waals surface area contributed by atoms with Crippen LogP contribution in [-0.2, 0) is 0 Å². The molecule has 0 heterocycles. The van der Waals surface area contributed by atoms with E-state index in [0.29, 0.717) is 4.47 Å². The molecule has 1 amide bonds. The number of amides is 1. The fraction of sp³-hybridized carbons (Fsp3) is 0. The quantitative estimate of drug-likeness (QED) is 0.782. The van der Waals surface area contributed by atoms with Crippen LogP contribution in [0.4, 0.5) is 0 Å². The Bertz CT molecular complexity index is 340. The van der Waals surface area contributed by atoms with Gasteiger partial charge in [-0.15, -0.1) is 0 Å². The Kier molecular flexibility index (Phi) is 2.99. The zero-order valence-corrected chi connectivity index (χ0v) is 8.87. The van der Waals surface area contributed by atoms with Crippen molar-refractivity contribution >= 4 is 45.0 Å². The molecule has 0 fully saturated rings. The molecule has 1 aromatic carbocycles. The summed E-state index contributed by atoms with van der Waals surface area (Å²) in [5, 5.41) is 0.505. The summed E-state index contributed by atoms with van der Waals surface area (Å²) in [5.74, 6) is -0.633. The molecule has 0 saturated heterocycles. The third-order valence-corrected chi connectivity index (χ3v) is 2.89. The van der Waals surface area contributed by atoms with E-state index in [2.05, 4.69) is 15.9 Å². The van der Waals surface area contributed by atoms with Crippen LogP contribution in [0.2, 0.25) is 10.0 Å². The molecule has 0 spiro atoms. The Morgan fingerprint density at radius 3 is 2.42 bits per heavy atom. The third kappa shape index (κ3) is 1.73. The summed E-state index contributed by atoms with van der Waals surface area (Å²) in [6.45, 7) is 0. The van der Waals surface area contributed by atoms with E-state index in [1.165, 1.54) is 0 Å². The van der Waals surface area contributed by atoms with Crippen molar-refractivity contribution in [1.82, 2.24) is 0 Å². The zero-order chi connectivity index (χ0) is 9.30. The first-order valence-corrected chi connectivity index (χ1v) is 4.52. The van der Waals surface area contributed by atoms with E-state index >= 15 is 0 Å². The van der Waals surface area contributed by atoms with Crippen LogP contribution < -0.4 is 5.73 Å². The summed E-state index contributed by atoms with van der Waals surface area (Å²) in [4.78, 5) is 10.8. The highest BCUT2D eigenvalue weighted by atomic mass is 79.9. The molecule has 2 N–H and O–H groups in total. The Labute approximate surface area is 87.8 Å². The summed E-state index contributed by atoms with van der Waals surface area (Å²) >= 11 is 14.6. The smallest absolute Gasteiger partial charge is 0.251 e. The van der Waals surface area contributed by atoms with Crippen molar-refractivity contribution in [2.75, 3.05) is 0 Å². The van der Waals surface area contributed by atoms with Gasteiger partial charge >= 0.3 is 0 Å². The first kappa shape index (κ1) is 9.84. The van der Waals surface area contributed by atoms with E-state index in [4.69, 9.17) is 28.9 Å². The number of nitrogens with two attached hydrogens (primary N) is 1. The van der Waals surface area contributed by atoms with Crippen molar-refractivity contribution in [3.63, 3.8) is 0 Å². The SMILES string of the molecule is NC(=O)c1c(Cl)ccc(Br)c1Cl. The molecule has 0 aromatic heterocycles. The van der Waals surface area contributed by atoms with Gasteiger partial charge in [0, 0.05) is 4.47 Å². The molecule has 0 unspecified atom stereocenters. The highest BCUT2D eigenvalue weighted by Crippen LogP contribution is 2.30. The molecular formula is C7H4BrCl2NO. The molecule has 2 nitrogen and oxygen atoms in total. The molecule has 0 aliphatic carbocycles. The van der Waals surface area contributed by atoms with Crippen molar-refractivity contribution in [1.29, 1.82) is 0 Å². The molecule has 0 aliphatic heterocycles. The number of halogens is 3. The molecule has 0 atom stereocenters. The Morgan fingerprint density at radius 2 is 2.00 bits per heavy atom. The van der Waals surface area contributed by atoms with Crippen molar-refractivity contribution < 1.29 is 4.79 Å². The van der Waals surface area contributed by atoms with Crippen molar-refractivity contribution in [2.24, 2.45) is 5.73 Å². The number of carbonyl (C=O) groups is 1. The molecule has 0 aliphatic rings. The maximum absolute atomic E-state index is 10.8. The summed E-state index contributed by atoms with van der Waals surface area (Å²) < 4.78 is 0.599. The minimum Gasteiger partial charge on any atom is -0.366 e. The number of benzene rings is 1. The van der Waals surface area contributed by atoms with Gasteiger partial charge in [0.15, 0.2) is 0 Å². The van der Waals surface area contributed by atoms with Gasteiger partial charge in [-0.2, -0.15) is 0 Å². The Morgan fingerprint density at radius 1 is 1.42 bits per heavy atom. The van der Waals surface area contributed by atoms with Gasteiger partial charge in [-0.25, -0.2) is 0 Å². The molecule has 0 bridgehead atoms. The molecular weight excluding hydrogens is 265 g/mol. The average molecular weight is 269 g/mol. The van der Waals surface area contributed by atoms with E-state index in [0.717, 1.165) is 0 Å². The molecule has 12 heavy (non-hydrogen) atoms. The maximum atomic E-state index is 10.8. The molecule has 0 saturated carbocycles. The third-order valence-electron chi connectivity index (χ3n) is 1.29. The minimum absolute atomic E-state index is 0.146. The summed E-state index contributed by atoms with van der Waals surface area (Å²) in [5.41, 5.74) is 5.20. The molecule has 64 valence electrons. The lowest BCUT2D eigenvalue weighted by Crippen LogP contribution is -2.12. The van der Waals surface area contributed by atoms with Gasteiger partial charge in [0.25, 0.3) is 5.91 Å². The van der Waals surface area contributed by atoms with Crippen molar-refractivity contribution in [2.45, 2.75) is 0 Å². The Hall–Kier alpha value is -0.250. The molecule has 5 heteroatoms. The van der Waals surface area contributed by atoms with Crippen LogP contribution in [0.1, 0.15) is 10.4 Å². The Balaban J connectivity index is 3.43. The fourth-order valence-electron chi connectivity index (χ4n) is 0.753. The van der Waals surface area contributed by atoms with Gasteiger partial charge in [0.2, 0.25) is 0 Å². The van der Waals surface area contributed by atoms with Crippen LogP contribution >= 0.6 is 39.1 Å². The lowest BCUT2D eigenvalue weighted by atomic mass is 10.2. The van der Waals surface area contributed by atoms with Crippen LogP contribution in [0.25, 0.3) is 0 Å². The lowest BCUT2D eigenvalue weighted by molar-refractivity contribution is 0.100. The van der Waals surface area contributed by atoms with E-state index < -0.39 is 5.91 Å². The van der Waals surface area contributed by atoms with Gasteiger partial charge in [0.05, 0.1) is 15.6 Å². The van der Waals surface area contributed by atoms with Crippen LogP contribution in [0.3, 0.4) is 0 Å². The predicted octanol–water partition coefficient (Wildman–Crippen LogP) is 2.85. The van der Waals surface area contributed by atoms with Gasteiger partial charge in [-0.1, -0.05) is 23.2 Å². The van der Waals surface area contributed by atoms with Crippen molar-refractivity contribution in [3.8, 4) is 0 Å². The maximum Gasteiger partial charge on any atom is 0.251 e. The molecule has 0 radical (unpaired) electrons. The normalized spacial score (nSPS) is 9.92. The van der Waals surface area contributed by atoms with Crippen LogP contribution in [0.5, 0.6) is 0 Å². The summed E-state index contributed by atoms with van der Waals surface area (Å²) in [7, 11) is 0. The van der Waals surface area contributed by atoms with E-state index in [1.807, 2.05) is 0 Å². The predicted molar refractivity (Wildman–Crippen MR) is 52.7 cm³/mol. The number of hydrogen-bond acceptors (Lipinski definition) is 1. The zero-order valence-electron chi connectivity index (χ0n) is 5.77. The van der Waals surface area contributed by atoms with Gasteiger partial charge in [-0.3, -0.25) is 4.79 Å². The van der Waals surface area contributed by atoms with E-state index in [-0.39, 0.29) is 15.6 Å². The molecule has 1 aromatic rings. The largest absolute Gasteiger partial charge is 0.366 e. The number of primary amides is 1. The van der Waals surface area contributed by atoms with Crippen LogP contribution in [0.15, 0.2) is 16.6 Å². The monoisotopic (exact) mass is 267 g/mol. The summed E-state index contributed by atoms with van der Waals surface area (Å²) in [6.07, 6.45) is 0. The lowest BCUT2D eigenvalue weighted by Gasteiger charge is -2.03. The first-order chi connectivity index (χ1) is 5.54. The second kappa shape index (κ2) is 3.64. The van der Waals surface area contributed by atoms with E-state index in [1.54, 1.807) is 12.1 Å². The summed E-state index contributed by atoms with van der Waals surface area (Å²) in [6, 6.07) is 3.20. The van der Waals surface area contributed by atoms with Crippen LogP contribution in [0, 0.1) is 0 Å². The van der Waals surface area contributed by atoms with Gasteiger partial charge in [0.1, 0.15) is 0 Å². The van der Waals surface area contributed by atoms with Crippen molar-refractivity contribution in [3.05, 3.63) is 32.2 Å². The molecule has 1 rings (SSSR count).